The van der Waals surface area contributed by atoms with Gasteiger partial charge in [-0.3, -0.25) is 0 Å². The van der Waals surface area contributed by atoms with Gasteiger partial charge in [0.15, 0.2) is 0 Å². The average molecular weight is 271 g/mol. The molecule has 0 fully saturated rings. The molecule has 0 aliphatic rings. The normalized spacial score (nSPS) is 10.3. The Morgan fingerprint density at radius 1 is 1.32 bits per heavy atom. The van der Waals surface area contributed by atoms with Crippen molar-refractivity contribution >= 4 is 28.9 Å². The molecule has 92 valence electrons. The molecule has 3 aromatic rings. The van der Waals surface area contributed by atoms with E-state index in [-0.39, 0.29) is 0 Å². The number of benzene rings is 1. The van der Waals surface area contributed by atoms with Crippen molar-refractivity contribution in [1.82, 2.24) is 19.6 Å². The molecule has 0 atom stereocenters. The van der Waals surface area contributed by atoms with E-state index in [4.69, 9.17) is 16.9 Å². The molecule has 2 aromatic heterocycles. The molecule has 1 N–H and O–H groups in total. The molecule has 2 heterocycles. The van der Waals surface area contributed by atoms with Gasteiger partial charge in [-0.15, -0.1) is 0 Å². The molecule has 19 heavy (non-hydrogen) atoms. The number of para-hydroxylation sites is 1. The van der Waals surface area contributed by atoms with Gasteiger partial charge >= 0.3 is 0 Å². The van der Waals surface area contributed by atoms with Crippen LogP contribution in [0.1, 0.15) is 5.56 Å². The van der Waals surface area contributed by atoms with Crippen LogP contribution in [0, 0.1) is 11.3 Å². The van der Waals surface area contributed by atoms with Gasteiger partial charge in [0.2, 0.25) is 0 Å². The maximum atomic E-state index is 9.06. The molecule has 0 saturated heterocycles. The highest BCUT2D eigenvalue weighted by atomic mass is 35.5. The number of fused-ring (bicyclic) bond motifs is 1. The average Bonchev–Trinajstić information content (AvgIpc) is 2.87. The highest BCUT2D eigenvalue weighted by molar-refractivity contribution is 6.29. The predicted molar refractivity (Wildman–Crippen MR) is 70.2 cm³/mol. The highest BCUT2D eigenvalue weighted by Gasteiger charge is 2.08. The van der Waals surface area contributed by atoms with E-state index < -0.39 is 0 Å². The Kier molecular flexibility index (Phi) is 2.74. The van der Waals surface area contributed by atoms with Crippen LogP contribution in [-0.2, 0) is 0 Å². The van der Waals surface area contributed by atoms with Crippen molar-refractivity contribution in [3.05, 3.63) is 47.4 Å². The van der Waals surface area contributed by atoms with Crippen LogP contribution in [0.15, 0.2) is 36.7 Å². The fourth-order valence-electron chi connectivity index (χ4n) is 1.70. The third-order valence-electron chi connectivity index (χ3n) is 2.53. The van der Waals surface area contributed by atoms with E-state index >= 15 is 0 Å². The van der Waals surface area contributed by atoms with Gasteiger partial charge < -0.3 is 5.32 Å². The second-order valence-electron chi connectivity index (χ2n) is 3.72. The summed E-state index contributed by atoms with van der Waals surface area (Å²) in [5.41, 5.74) is 1.20. The third kappa shape index (κ3) is 2.07. The summed E-state index contributed by atoms with van der Waals surface area (Å²) in [4.78, 5) is 8.01. The smallest absolute Gasteiger partial charge is 0.255 e. The van der Waals surface area contributed by atoms with Crippen LogP contribution in [-0.4, -0.2) is 19.6 Å². The summed E-state index contributed by atoms with van der Waals surface area (Å²) in [6, 6.07) is 10.9. The van der Waals surface area contributed by atoms with E-state index in [1.54, 1.807) is 24.3 Å². The van der Waals surface area contributed by atoms with Crippen LogP contribution in [0.4, 0.5) is 11.5 Å². The number of hydrogen-bond donors (Lipinski definition) is 1. The summed E-state index contributed by atoms with van der Waals surface area (Å²) < 4.78 is 1.51. The molecule has 0 radical (unpaired) electrons. The first-order valence-corrected chi connectivity index (χ1v) is 5.78. The number of halogens is 1. The second kappa shape index (κ2) is 4.55. The lowest BCUT2D eigenvalue weighted by molar-refractivity contribution is 0.947. The van der Waals surface area contributed by atoms with Gasteiger partial charge in [0, 0.05) is 6.07 Å². The monoisotopic (exact) mass is 270 g/mol. The Morgan fingerprint density at radius 2 is 2.16 bits per heavy atom. The van der Waals surface area contributed by atoms with Gasteiger partial charge in [-0.05, 0) is 12.1 Å². The Labute approximate surface area is 113 Å². The Hall–Kier alpha value is -2.65. The number of nitrogens with one attached hydrogen (secondary N) is 1. The predicted octanol–water partition coefficient (Wildman–Crippen LogP) is 2.39. The Morgan fingerprint density at radius 3 is 3.00 bits per heavy atom. The van der Waals surface area contributed by atoms with Crippen LogP contribution in [0.3, 0.4) is 0 Å². The summed E-state index contributed by atoms with van der Waals surface area (Å²) in [5.74, 6) is 0.986. The van der Waals surface area contributed by atoms with Crippen LogP contribution >= 0.6 is 11.6 Å². The largest absolute Gasteiger partial charge is 0.339 e. The number of anilines is 2. The molecule has 0 aliphatic carbocycles. The summed E-state index contributed by atoms with van der Waals surface area (Å²) in [6.07, 6.45) is 1.39. The first kappa shape index (κ1) is 11.4. The molecule has 1 aromatic carbocycles. The molecule has 0 bridgehead atoms. The van der Waals surface area contributed by atoms with Gasteiger partial charge in [-0.2, -0.15) is 24.8 Å². The van der Waals surface area contributed by atoms with Gasteiger partial charge in [-0.1, -0.05) is 23.7 Å². The second-order valence-corrected chi connectivity index (χ2v) is 4.11. The summed E-state index contributed by atoms with van der Waals surface area (Å²) in [7, 11) is 0. The lowest BCUT2D eigenvalue weighted by atomic mass is 10.2. The van der Waals surface area contributed by atoms with Gasteiger partial charge in [0.25, 0.3) is 5.78 Å². The number of hydrogen-bond acceptors (Lipinski definition) is 5. The standard InChI is InChI=1S/C12H7ClN6/c13-10-5-11(19-12(18-10)15-7-16-19)17-9-4-2-1-3-8(9)6-14/h1-5,7,17H. The van der Waals surface area contributed by atoms with Gasteiger partial charge in [0.1, 0.15) is 23.4 Å². The number of rotatable bonds is 2. The summed E-state index contributed by atoms with van der Waals surface area (Å²) in [6.45, 7) is 0. The zero-order chi connectivity index (χ0) is 13.2. The molecular weight excluding hydrogens is 264 g/mol. The van der Waals surface area contributed by atoms with Crippen molar-refractivity contribution in [3.63, 3.8) is 0 Å². The summed E-state index contributed by atoms with van der Waals surface area (Å²) in [5, 5.41) is 16.5. The first-order valence-electron chi connectivity index (χ1n) is 5.40. The quantitative estimate of drug-likeness (QED) is 0.723. The van der Waals surface area contributed by atoms with Gasteiger partial charge in [-0.25, -0.2) is 0 Å². The Balaban J connectivity index is 2.11. The van der Waals surface area contributed by atoms with Crippen molar-refractivity contribution in [1.29, 1.82) is 5.26 Å². The van der Waals surface area contributed by atoms with Crippen molar-refractivity contribution in [2.75, 3.05) is 5.32 Å². The minimum atomic E-state index is 0.303. The lowest BCUT2D eigenvalue weighted by Crippen LogP contribution is -2.02. The number of aromatic nitrogens is 4. The molecule has 6 nitrogen and oxygen atoms in total. The topological polar surface area (TPSA) is 78.9 Å². The van der Waals surface area contributed by atoms with E-state index in [0.29, 0.717) is 28.0 Å². The number of nitriles is 1. The number of nitrogens with zero attached hydrogens (tertiary/aromatic N) is 5. The fourth-order valence-corrected chi connectivity index (χ4v) is 1.88. The van der Waals surface area contributed by atoms with Crippen LogP contribution < -0.4 is 5.32 Å². The third-order valence-corrected chi connectivity index (χ3v) is 2.72. The summed E-state index contributed by atoms with van der Waals surface area (Å²) >= 11 is 5.92. The molecule has 0 spiro atoms. The SMILES string of the molecule is N#Cc1ccccc1Nc1cc(Cl)nc2ncnn12. The molecule has 0 saturated carbocycles. The molecule has 0 amide bonds. The molecule has 0 unspecified atom stereocenters. The minimum absolute atomic E-state index is 0.303. The van der Waals surface area contributed by atoms with Crippen molar-refractivity contribution in [2.45, 2.75) is 0 Å². The zero-order valence-electron chi connectivity index (χ0n) is 9.58. The van der Waals surface area contributed by atoms with Crippen LogP contribution in [0.2, 0.25) is 5.15 Å². The van der Waals surface area contributed by atoms with Crippen LogP contribution in [0.25, 0.3) is 5.78 Å². The van der Waals surface area contributed by atoms with Crippen LogP contribution in [0.5, 0.6) is 0 Å². The van der Waals surface area contributed by atoms with E-state index in [0.717, 1.165) is 0 Å². The van der Waals surface area contributed by atoms with Crippen molar-refractivity contribution in [2.24, 2.45) is 0 Å². The van der Waals surface area contributed by atoms with Crippen molar-refractivity contribution < 1.29 is 0 Å². The van der Waals surface area contributed by atoms with E-state index in [1.807, 2.05) is 6.07 Å². The van der Waals surface area contributed by atoms with E-state index in [1.165, 1.54) is 10.8 Å². The first-order chi connectivity index (χ1) is 9.28. The molecule has 0 aliphatic heterocycles. The lowest BCUT2D eigenvalue weighted by Gasteiger charge is -2.09. The fraction of sp³-hybridized carbons (Fsp3) is 0. The van der Waals surface area contributed by atoms with E-state index in [9.17, 15) is 0 Å². The van der Waals surface area contributed by atoms with Crippen molar-refractivity contribution in [3.8, 4) is 6.07 Å². The molecule has 7 heteroatoms. The maximum absolute atomic E-state index is 9.06. The van der Waals surface area contributed by atoms with Gasteiger partial charge in [0.05, 0.1) is 11.3 Å². The van der Waals surface area contributed by atoms with E-state index in [2.05, 4.69) is 26.5 Å². The maximum Gasteiger partial charge on any atom is 0.255 e. The Bertz CT molecular complexity index is 788. The molecule has 3 rings (SSSR count). The highest BCUT2D eigenvalue weighted by Crippen LogP contribution is 2.22. The zero-order valence-corrected chi connectivity index (χ0v) is 10.3. The minimum Gasteiger partial charge on any atom is -0.339 e. The molecular formula is C12H7ClN6.